The molecule has 2 atom stereocenters. The van der Waals surface area contributed by atoms with Gasteiger partial charge in [-0.1, -0.05) is 11.6 Å². The Bertz CT molecular complexity index is 1700. The standard InChI is InChI=1S/C31H35ClN8O5/c32-25-15-22(6-3-20(25)17-33)44-21-4-1-19(2-5-21)24-16-26(36-37-29(24)30(34)42)39-13-11-38(12-14-39)18-23-7-8-28(45-23)40-10-9-27(41)35-31(40)43/h3,6,9-10,15-16,19,21,23,28H,1-2,4-5,7-8,11-14,18H2,(H2,34,42)(H,35,41,43)/t19?,21?,23-,28+/m0/s1. The van der Waals surface area contributed by atoms with Crippen LogP contribution in [0.25, 0.3) is 0 Å². The van der Waals surface area contributed by atoms with Gasteiger partial charge in [-0.25, -0.2) is 4.79 Å². The average molecular weight is 635 g/mol. The number of primary amides is 1. The molecule has 3 aliphatic rings. The van der Waals surface area contributed by atoms with Crippen LogP contribution in [-0.2, 0) is 4.74 Å². The Morgan fingerprint density at radius 1 is 1.07 bits per heavy atom. The van der Waals surface area contributed by atoms with Crippen LogP contribution < -0.4 is 26.6 Å². The van der Waals surface area contributed by atoms with Gasteiger partial charge in [0.25, 0.3) is 11.5 Å². The van der Waals surface area contributed by atoms with E-state index in [-0.39, 0.29) is 30.0 Å². The molecule has 4 heterocycles. The number of halogens is 1. The van der Waals surface area contributed by atoms with Crippen LogP contribution in [-0.4, -0.2) is 75.5 Å². The number of nitrogens with one attached hydrogen (secondary N) is 1. The van der Waals surface area contributed by atoms with Crippen molar-refractivity contribution in [2.24, 2.45) is 5.73 Å². The van der Waals surface area contributed by atoms with E-state index in [9.17, 15) is 14.4 Å². The van der Waals surface area contributed by atoms with Crippen LogP contribution in [0.1, 0.15) is 72.3 Å². The maximum atomic E-state index is 12.3. The number of aromatic nitrogens is 4. The van der Waals surface area contributed by atoms with E-state index in [2.05, 4.69) is 31.1 Å². The van der Waals surface area contributed by atoms with Gasteiger partial charge in [0.05, 0.1) is 22.8 Å². The summed E-state index contributed by atoms with van der Waals surface area (Å²) in [5.74, 6) is 0.888. The predicted octanol–water partition coefficient (Wildman–Crippen LogP) is 2.56. The second-order valence-corrected chi connectivity index (χ2v) is 12.2. The molecule has 0 radical (unpaired) electrons. The van der Waals surface area contributed by atoms with Gasteiger partial charge in [-0.15, -0.1) is 10.2 Å². The fraction of sp³-hybridized carbons (Fsp3) is 0.484. The van der Waals surface area contributed by atoms with Crippen molar-refractivity contribution in [3.63, 3.8) is 0 Å². The number of nitrogens with zero attached hydrogens (tertiary/aromatic N) is 6. The summed E-state index contributed by atoms with van der Waals surface area (Å²) in [6.45, 7) is 3.85. The number of ether oxygens (including phenoxy) is 2. The van der Waals surface area contributed by atoms with Gasteiger partial charge in [-0.2, -0.15) is 5.26 Å². The Labute approximate surface area is 264 Å². The van der Waals surface area contributed by atoms with Gasteiger partial charge in [0.15, 0.2) is 11.5 Å². The third-order valence-corrected chi connectivity index (χ3v) is 9.24. The highest BCUT2D eigenvalue weighted by atomic mass is 35.5. The molecule has 13 nitrogen and oxygen atoms in total. The molecule has 0 bridgehead atoms. The third kappa shape index (κ3) is 7.03. The molecule has 6 rings (SSSR count). The van der Waals surface area contributed by atoms with E-state index >= 15 is 0 Å². The van der Waals surface area contributed by atoms with Crippen molar-refractivity contribution >= 4 is 23.3 Å². The number of amides is 1. The Morgan fingerprint density at radius 2 is 1.84 bits per heavy atom. The molecule has 45 heavy (non-hydrogen) atoms. The normalized spacial score (nSPS) is 23.9. The zero-order valence-corrected chi connectivity index (χ0v) is 25.5. The van der Waals surface area contributed by atoms with Crippen LogP contribution in [0, 0.1) is 11.3 Å². The maximum absolute atomic E-state index is 12.3. The van der Waals surface area contributed by atoms with Gasteiger partial charge >= 0.3 is 5.69 Å². The molecule has 2 saturated heterocycles. The molecule has 1 aromatic carbocycles. The first-order valence-electron chi connectivity index (χ1n) is 15.3. The fourth-order valence-electron chi connectivity index (χ4n) is 6.52. The highest BCUT2D eigenvalue weighted by molar-refractivity contribution is 6.31. The minimum atomic E-state index is -0.585. The van der Waals surface area contributed by atoms with Crippen molar-refractivity contribution < 1.29 is 14.3 Å². The number of anilines is 1. The highest BCUT2D eigenvalue weighted by Gasteiger charge is 2.31. The first-order valence-corrected chi connectivity index (χ1v) is 15.6. The number of rotatable bonds is 8. The quantitative estimate of drug-likeness (QED) is 0.375. The number of nitriles is 1. The SMILES string of the molecule is N#Cc1ccc(OC2CCC(c3cc(N4CCN(C[C@@H]5CC[C@H](n6ccc(=O)[nH]c6=O)O5)CC4)nnc3C(N)=O)CC2)cc1Cl. The van der Waals surface area contributed by atoms with Gasteiger partial charge < -0.3 is 20.1 Å². The van der Waals surface area contributed by atoms with Crippen molar-refractivity contribution in [1.29, 1.82) is 5.26 Å². The van der Waals surface area contributed by atoms with E-state index in [4.69, 9.17) is 32.1 Å². The minimum Gasteiger partial charge on any atom is -0.490 e. The zero-order valence-electron chi connectivity index (χ0n) is 24.7. The highest BCUT2D eigenvalue weighted by Crippen LogP contribution is 2.37. The lowest BCUT2D eigenvalue weighted by Gasteiger charge is -2.36. The predicted molar refractivity (Wildman–Crippen MR) is 165 cm³/mol. The number of carbonyl (C=O) groups excluding carboxylic acids is 1. The van der Waals surface area contributed by atoms with E-state index in [1.54, 1.807) is 18.2 Å². The third-order valence-electron chi connectivity index (χ3n) is 8.93. The molecule has 236 valence electrons. The Kier molecular flexibility index (Phi) is 9.16. The van der Waals surface area contributed by atoms with Crippen molar-refractivity contribution in [3.8, 4) is 11.8 Å². The number of aromatic amines is 1. The van der Waals surface area contributed by atoms with Crippen molar-refractivity contribution in [3.05, 3.63) is 79.2 Å². The van der Waals surface area contributed by atoms with Gasteiger partial charge in [-0.05, 0) is 68.2 Å². The van der Waals surface area contributed by atoms with Gasteiger partial charge in [0.2, 0.25) is 0 Å². The first kappa shape index (κ1) is 30.8. The summed E-state index contributed by atoms with van der Waals surface area (Å²) in [5.41, 5.74) is 6.28. The summed E-state index contributed by atoms with van der Waals surface area (Å²) >= 11 is 6.17. The monoisotopic (exact) mass is 634 g/mol. The average Bonchev–Trinajstić information content (AvgIpc) is 3.49. The fourth-order valence-corrected chi connectivity index (χ4v) is 6.74. The molecule has 3 aromatic rings. The summed E-state index contributed by atoms with van der Waals surface area (Å²) < 4.78 is 13.7. The van der Waals surface area contributed by atoms with Crippen LogP contribution in [0.2, 0.25) is 5.02 Å². The summed E-state index contributed by atoms with van der Waals surface area (Å²) in [6, 6.07) is 10.4. The number of piperazine rings is 1. The number of benzene rings is 1. The molecule has 3 fully saturated rings. The van der Waals surface area contributed by atoms with E-state index in [1.165, 1.54) is 16.8 Å². The molecule has 0 unspecified atom stereocenters. The number of nitrogens with two attached hydrogens (primary N) is 1. The van der Waals surface area contributed by atoms with Crippen LogP contribution in [0.4, 0.5) is 5.82 Å². The number of H-pyrrole nitrogens is 1. The zero-order chi connectivity index (χ0) is 31.5. The lowest BCUT2D eigenvalue weighted by Crippen LogP contribution is -2.49. The Hall–Kier alpha value is -4.25. The molecular weight excluding hydrogens is 600 g/mol. The van der Waals surface area contributed by atoms with E-state index in [0.717, 1.165) is 76.2 Å². The van der Waals surface area contributed by atoms with Crippen molar-refractivity contribution in [2.45, 2.75) is 62.9 Å². The Morgan fingerprint density at radius 3 is 2.53 bits per heavy atom. The molecule has 1 saturated carbocycles. The maximum Gasteiger partial charge on any atom is 0.330 e. The Balaban J connectivity index is 1.04. The van der Waals surface area contributed by atoms with E-state index in [1.807, 2.05) is 6.07 Å². The van der Waals surface area contributed by atoms with Gasteiger partial charge in [-0.3, -0.25) is 24.0 Å². The number of hydrogen-bond acceptors (Lipinski definition) is 10. The summed E-state index contributed by atoms with van der Waals surface area (Å²) in [4.78, 5) is 42.6. The van der Waals surface area contributed by atoms with Crippen molar-refractivity contribution in [1.82, 2.24) is 24.6 Å². The topological polar surface area (TPSA) is 172 Å². The molecule has 0 spiro atoms. The second kappa shape index (κ2) is 13.4. The summed E-state index contributed by atoms with van der Waals surface area (Å²) in [6.07, 6.45) is 5.83. The molecule has 1 amide bonds. The van der Waals surface area contributed by atoms with Gasteiger partial charge in [0, 0.05) is 51.1 Å². The minimum absolute atomic E-state index is 0.00132. The van der Waals surface area contributed by atoms with E-state index in [0.29, 0.717) is 22.8 Å². The van der Waals surface area contributed by atoms with Crippen LogP contribution in [0.3, 0.4) is 0 Å². The largest absolute Gasteiger partial charge is 0.490 e. The van der Waals surface area contributed by atoms with Crippen LogP contribution in [0.15, 0.2) is 46.1 Å². The molecule has 2 aromatic heterocycles. The molecule has 14 heteroatoms. The summed E-state index contributed by atoms with van der Waals surface area (Å²) in [5, 5.41) is 18.1. The molecule has 1 aliphatic carbocycles. The first-order chi connectivity index (χ1) is 21.8. The number of hydrogen-bond donors (Lipinski definition) is 2. The lowest BCUT2D eigenvalue weighted by atomic mass is 9.82. The number of carbonyl (C=O) groups is 1. The molecule has 2 aliphatic heterocycles. The summed E-state index contributed by atoms with van der Waals surface area (Å²) in [7, 11) is 0. The van der Waals surface area contributed by atoms with Crippen LogP contribution in [0.5, 0.6) is 5.75 Å². The van der Waals surface area contributed by atoms with E-state index < -0.39 is 17.2 Å². The second-order valence-electron chi connectivity index (χ2n) is 11.8. The lowest BCUT2D eigenvalue weighted by molar-refractivity contribution is -0.0164. The van der Waals surface area contributed by atoms with Crippen LogP contribution >= 0.6 is 11.6 Å². The molecule has 3 N–H and O–H groups in total. The smallest absolute Gasteiger partial charge is 0.330 e. The van der Waals surface area contributed by atoms with Gasteiger partial charge in [0.1, 0.15) is 18.0 Å². The molecular formula is C31H35ClN8O5. The van der Waals surface area contributed by atoms with Crippen molar-refractivity contribution in [2.75, 3.05) is 37.6 Å².